The van der Waals surface area contributed by atoms with Gasteiger partial charge in [-0.2, -0.15) is 0 Å². The van der Waals surface area contributed by atoms with Gasteiger partial charge in [0, 0.05) is 25.1 Å². The molecular weight excluding hydrogens is 252 g/mol. The summed E-state index contributed by atoms with van der Waals surface area (Å²) in [5, 5.41) is 2.91. The fraction of sp³-hybridized carbons (Fsp3) is 0.133. The number of carbonyl (C=O) groups excluding carboxylic acids is 1. The molecule has 0 saturated carbocycles. The summed E-state index contributed by atoms with van der Waals surface area (Å²) in [6.07, 6.45) is 7.71. The molecule has 3 rings (SSSR count). The average molecular weight is 266 g/mol. The lowest BCUT2D eigenvalue weighted by Crippen LogP contribution is -2.26. The summed E-state index contributed by atoms with van der Waals surface area (Å²) in [7, 11) is 0. The van der Waals surface area contributed by atoms with Crippen molar-refractivity contribution in [3.63, 3.8) is 0 Å². The first kappa shape index (κ1) is 12.3. The quantitative estimate of drug-likeness (QED) is 0.782. The van der Waals surface area contributed by atoms with E-state index in [4.69, 9.17) is 0 Å². The van der Waals surface area contributed by atoms with Crippen LogP contribution < -0.4 is 5.32 Å². The number of hydrogen-bond donors (Lipinski definition) is 1. The average Bonchev–Trinajstić information content (AvgIpc) is 2.92. The highest BCUT2D eigenvalue weighted by atomic mass is 16.1. The SMILES string of the molecule is O=C(NCCc1ccncc1)c1cnc2ccccn12. The zero-order chi connectivity index (χ0) is 13.8. The first-order chi connectivity index (χ1) is 9.84. The van der Waals surface area contributed by atoms with Crippen LogP contribution in [0.2, 0.25) is 0 Å². The van der Waals surface area contributed by atoms with Crippen LogP contribution in [0.3, 0.4) is 0 Å². The number of nitrogens with zero attached hydrogens (tertiary/aromatic N) is 3. The van der Waals surface area contributed by atoms with Crippen molar-refractivity contribution in [2.24, 2.45) is 0 Å². The first-order valence-electron chi connectivity index (χ1n) is 6.44. The van der Waals surface area contributed by atoms with Gasteiger partial charge in [-0.05, 0) is 36.2 Å². The Labute approximate surface area is 116 Å². The van der Waals surface area contributed by atoms with Crippen LogP contribution in [0.15, 0.2) is 55.1 Å². The van der Waals surface area contributed by atoms with E-state index in [1.807, 2.05) is 36.5 Å². The summed E-state index contributed by atoms with van der Waals surface area (Å²) in [6, 6.07) is 9.53. The molecule has 0 unspecified atom stereocenters. The number of amides is 1. The zero-order valence-corrected chi connectivity index (χ0v) is 10.9. The molecule has 0 aliphatic carbocycles. The maximum atomic E-state index is 12.1. The molecule has 0 spiro atoms. The second kappa shape index (κ2) is 5.52. The smallest absolute Gasteiger partial charge is 0.269 e. The number of hydrogen-bond acceptors (Lipinski definition) is 3. The summed E-state index contributed by atoms with van der Waals surface area (Å²) in [6.45, 7) is 0.586. The Hall–Kier alpha value is -2.69. The van der Waals surface area contributed by atoms with E-state index in [9.17, 15) is 4.79 Å². The van der Waals surface area contributed by atoms with Gasteiger partial charge in [0.15, 0.2) is 0 Å². The van der Waals surface area contributed by atoms with Crippen LogP contribution in [0.5, 0.6) is 0 Å². The van der Waals surface area contributed by atoms with Crippen LogP contribution in [0.1, 0.15) is 16.1 Å². The Balaban J connectivity index is 1.65. The van der Waals surface area contributed by atoms with E-state index in [1.165, 1.54) is 0 Å². The molecule has 20 heavy (non-hydrogen) atoms. The van der Waals surface area contributed by atoms with Crippen LogP contribution in [-0.4, -0.2) is 26.8 Å². The van der Waals surface area contributed by atoms with Gasteiger partial charge in [-0.1, -0.05) is 6.07 Å². The van der Waals surface area contributed by atoms with Gasteiger partial charge in [0.2, 0.25) is 0 Å². The lowest BCUT2D eigenvalue weighted by Gasteiger charge is -2.05. The summed E-state index contributed by atoms with van der Waals surface area (Å²) in [5.41, 5.74) is 2.47. The van der Waals surface area contributed by atoms with E-state index in [2.05, 4.69) is 15.3 Å². The number of aromatic nitrogens is 3. The van der Waals surface area contributed by atoms with Crippen LogP contribution in [0, 0.1) is 0 Å². The lowest BCUT2D eigenvalue weighted by molar-refractivity contribution is 0.0948. The number of imidazole rings is 1. The molecule has 0 atom stereocenters. The molecule has 0 radical (unpaired) electrons. The minimum Gasteiger partial charge on any atom is -0.350 e. The summed E-state index contributed by atoms with van der Waals surface area (Å²) in [5.74, 6) is -0.113. The zero-order valence-electron chi connectivity index (χ0n) is 10.9. The molecule has 0 saturated heterocycles. The Bertz CT molecular complexity index is 721. The molecule has 0 bridgehead atoms. The Kier molecular flexibility index (Phi) is 3.41. The molecule has 0 aromatic carbocycles. The maximum absolute atomic E-state index is 12.1. The van der Waals surface area contributed by atoms with E-state index in [-0.39, 0.29) is 5.91 Å². The summed E-state index contributed by atoms with van der Waals surface area (Å²) >= 11 is 0. The predicted molar refractivity (Wildman–Crippen MR) is 75.5 cm³/mol. The highest BCUT2D eigenvalue weighted by Crippen LogP contribution is 2.05. The second-order valence-corrected chi connectivity index (χ2v) is 4.43. The largest absolute Gasteiger partial charge is 0.350 e. The Morgan fingerprint density at radius 1 is 1.20 bits per heavy atom. The molecule has 0 aliphatic rings. The normalized spacial score (nSPS) is 10.6. The second-order valence-electron chi connectivity index (χ2n) is 4.43. The van der Waals surface area contributed by atoms with Crippen LogP contribution in [-0.2, 0) is 6.42 Å². The number of nitrogens with one attached hydrogen (secondary N) is 1. The highest BCUT2D eigenvalue weighted by Gasteiger charge is 2.10. The van der Waals surface area contributed by atoms with E-state index >= 15 is 0 Å². The van der Waals surface area contributed by atoms with Gasteiger partial charge in [-0.15, -0.1) is 0 Å². The third kappa shape index (κ3) is 2.51. The topological polar surface area (TPSA) is 59.3 Å². The van der Waals surface area contributed by atoms with Crippen molar-refractivity contribution >= 4 is 11.6 Å². The summed E-state index contributed by atoms with van der Waals surface area (Å²) < 4.78 is 1.78. The molecular formula is C15H14N4O. The molecule has 5 heteroatoms. The fourth-order valence-electron chi connectivity index (χ4n) is 2.06. The standard InChI is InChI=1S/C15H14N4O/c20-15(17-9-6-12-4-7-16-8-5-12)13-11-18-14-3-1-2-10-19(13)14/h1-5,7-8,10-11H,6,9H2,(H,17,20). The predicted octanol–water partition coefficient (Wildman–Crippen LogP) is 1.70. The first-order valence-corrected chi connectivity index (χ1v) is 6.44. The number of carbonyl (C=O) groups is 1. The molecule has 1 N–H and O–H groups in total. The third-order valence-electron chi connectivity index (χ3n) is 3.10. The molecule has 3 aromatic rings. The van der Waals surface area contributed by atoms with Crippen molar-refractivity contribution < 1.29 is 4.79 Å². The van der Waals surface area contributed by atoms with Gasteiger partial charge in [0.25, 0.3) is 5.91 Å². The highest BCUT2D eigenvalue weighted by molar-refractivity contribution is 5.93. The lowest BCUT2D eigenvalue weighted by atomic mass is 10.2. The van der Waals surface area contributed by atoms with Gasteiger partial charge in [-0.25, -0.2) is 4.98 Å². The van der Waals surface area contributed by atoms with E-state index in [0.717, 1.165) is 17.6 Å². The molecule has 0 fully saturated rings. The van der Waals surface area contributed by atoms with E-state index < -0.39 is 0 Å². The Morgan fingerprint density at radius 3 is 2.90 bits per heavy atom. The molecule has 5 nitrogen and oxygen atoms in total. The molecule has 0 aliphatic heterocycles. The Morgan fingerprint density at radius 2 is 2.05 bits per heavy atom. The van der Waals surface area contributed by atoms with E-state index in [0.29, 0.717) is 12.2 Å². The minimum atomic E-state index is -0.113. The molecule has 3 aromatic heterocycles. The van der Waals surface area contributed by atoms with Crippen molar-refractivity contribution in [3.8, 4) is 0 Å². The van der Waals surface area contributed by atoms with Crippen LogP contribution in [0.25, 0.3) is 5.65 Å². The number of rotatable bonds is 4. The summed E-state index contributed by atoms with van der Waals surface area (Å²) in [4.78, 5) is 20.3. The molecule has 100 valence electrons. The van der Waals surface area contributed by atoms with Gasteiger partial charge in [0.1, 0.15) is 11.3 Å². The van der Waals surface area contributed by atoms with Gasteiger partial charge >= 0.3 is 0 Å². The van der Waals surface area contributed by atoms with E-state index in [1.54, 1.807) is 23.0 Å². The minimum absolute atomic E-state index is 0.113. The van der Waals surface area contributed by atoms with Crippen LogP contribution in [0.4, 0.5) is 0 Å². The fourth-order valence-corrected chi connectivity index (χ4v) is 2.06. The van der Waals surface area contributed by atoms with Crippen molar-refractivity contribution in [1.29, 1.82) is 0 Å². The van der Waals surface area contributed by atoms with Crippen LogP contribution >= 0.6 is 0 Å². The molecule has 3 heterocycles. The van der Waals surface area contributed by atoms with Gasteiger partial charge in [0.05, 0.1) is 6.20 Å². The monoisotopic (exact) mass is 266 g/mol. The van der Waals surface area contributed by atoms with Gasteiger partial charge < -0.3 is 5.32 Å². The van der Waals surface area contributed by atoms with Crippen molar-refractivity contribution in [2.45, 2.75) is 6.42 Å². The maximum Gasteiger partial charge on any atom is 0.269 e. The van der Waals surface area contributed by atoms with Gasteiger partial charge in [-0.3, -0.25) is 14.2 Å². The van der Waals surface area contributed by atoms with Crippen molar-refractivity contribution in [2.75, 3.05) is 6.54 Å². The molecule has 1 amide bonds. The number of fused-ring (bicyclic) bond motifs is 1. The van der Waals surface area contributed by atoms with Crippen molar-refractivity contribution in [1.82, 2.24) is 19.7 Å². The van der Waals surface area contributed by atoms with Crippen molar-refractivity contribution in [3.05, 3.63) is 66.4 Å². The number of pyridine rings is 2. The third-order valence-corrected chi connectivity index (χ3v) is 3.10.